The highest BCUT2D eigenvalue weighted by Gasteiger charge is 2.21. The molecule has 5 heteroatoms. The molecule has 5 nitrogen and oxygen atoms in total. The third-order valence-electron chi connectivity index (χ3n) is 6.02. The largest absolute Gasteiger partial charge is 0.493 e. The van der Waals surface area contributed by atoms with Crippen molar-refractivity contribution < 1.29 is 9.47 Å². The SMILES string of the molecule is C/N=C(\c1ccccc1C)N1CCN(CCCCOc2ccc3c(c2)OCC=C3)CC1. The van der Waals surface area contributed by atoms with E-state index in [2.05, 4.69) is 58.1 Å². The summed E-state index contributed by atoms with van der Waals surface area (Å²) in [5, 5.41) is 0. The van der Waals surface area contributed by atoms with Crippen LogP contribution in [0.25, 0.3) is 6.08 Å². The Balaban J connectivity index is 1.16. The van der Waals surface area contributed by atoms with Crippen molar-refractivity contribution in [2.24, 2.45) is 4.99 Å². The number of aliphatic imine (C=N–C) groups is 1. The van der Waals surface area contributed by atoms with Gasteiger partial charge in [0.25, 0.3) is 0 Å². The van der Waals surface area contributed by atoms with Crippen LogP contribution >= 0.6 is 0 Å². The van der Waals surface area contributed by atoms with Crippen molar-refractivity contribution in [3.05, 3.63) is 65.2 Å². The van der Waals surface area contributed by atoms with Crippen LogP contribution in [0, 0.1) is 6.92 Å². The van der Waals surface area contributed by atoms with Crippen LogP contribution in [0.5, 0.6) is 11.5 Å². The molecule has 0 N–H and O–H groups in total. The molecule has 0 saturated carbocycles. The van der Waals surface area contributed by atoms with Crippen LogP contribution in [0.15, 0.2) is 53.5 Å². The van der Waals surface area contributed by atoms with Gasteiger partial charge in [-0.1, -0.05) is 30.3 Å². The molecule has 1 saturated heterocycles. The number of fused-ring (bicyclic) bond motifs is 1. The van der Waals surface area contributed by atoms with E-state index in [-0.39, 0.29) is 0 Å². The van der Waals surface area contributed by atoms with Gasteiger partial charge in [-0.2, -0.15) is 0 Å². The minimum Gasteiger partial charge on any atom is -0.493 e. The van der Waals surface area contributed by atoms with Gasteiger partial charge in [-0.3, -0.25) is 9.89 Å². The second kappa shape index (κ2) is 10.5. The number of rotatable bonds is 7. The molecule has 2 aliphatic rings. The number of ether oxygens (including phenoxy) is 2. The Hall–Kier alpha value is -2.79. The van der Waals surface area contributed by atoms with Gasteiger partial charge >= 0.3 is 0 Å². The summed E-state index contributed by atoms with van der Waals surface area (Å²) in [5.74, 6) is 2.93. The van der Waals surface area contributed by atoms with Crippen molar-refractivity contribution in [3.63, 3.8) is 0 Å². The summed E-state index contributed by atoms with van der Waals surface area (Å²) in [4.78, 5) is 9.59. The molecule has 31 heavy (non-hydrogen) atoms. The third-order valence-corrected chi connectivity index (χ3v) is 6.02. The number of piperazine rings is 1. The van der Waals surface area contributed by atoms with Crippen molar-refractivity contribution in [3.8, 4) is 11.5 Å². The predicted molar refractivity (Wildman–Crippen MR) is 127 cm³/mol. The quantitative estimate of drug-likeness (QED) is 0.382. The Morgan fingerprint density at radius 1 is 1.06 bits per heavy atom. The molecule has 1 fully saturated rings. The first-order chi connectivity index (χ1) is 15.2. The van der Waals surface area contributed by atoms with Gasteiger partial charge in [-0.25, -0.2) is 0 Å². The van der Waals surface area contributed by atoms with Gasteiger partial charge in [-0.15, -0.1) is 0 Å². The maximum atomic E-state index is 5.94. The van der Waals surface area contributed by atoms with Crippen molar-refractivity contribution in [1.82, 2.24) is 9.80 Å². The molecule has 0 aromatic heterocycles. The predicted octanol–water partition coefficient (Wildman–Crippen LogP) is 4.25. The van der Waals surface area contributed by atoms with E-state index in [0.29, 0.717) is 6.61 Å². The molecule has 0 radical (unpaired) electrons. The van der Waals surface area contributed by atoms with Crippen LogP contribution in [-0.4, -0.2) is 68.6 Å². The van der Waals surface area contributed by atoms with E-state index in [1.54, 1.807) is 0 Å². The van der Waals surface area contributed by atoms with E-state index in [9.17, 15) is 0 Å². The molecule has 0 aliphatic carbocycles. The highest BCUT2D eigenvalue weighted by molar-refractivity contribution is 6.00. The summed E-state index contributed by atoms with van der Waals surface area (Å²) in [6, 6.07) is 14.6. The number of aryl methyl sites for hydroxylation is 1. The number of unbranched alkanes of at least 4 members (excludes halogenated alkanes) is 1. The van der Waals surface area contributed by atoms with Crippen molar-refractivity contribution in [2.45, 2.75) is 19.8 Å². The normalized spacial score (nSPS) is 16.7. The maximum absolute atomic E-state index is 5.94. The average molecular weight is 420 g/mol. The summed E-state index contributed by atoms with van der Waals surface area (Å²) in [6.07, 6.45) is 6.33. The summed E-state index contributed by atoms with van der Waals surface area (Å²) in [5.41, 5.74) is 3.66. The molecule has 0 amide bonds. The lowest BCUT2D eigenvalue weighted by molar-refractivity contribution is 0.176. The number of benzene rings is 2. The van der Waals surface area contributed by atoms with E-state index in [0.717, 1.165) is 75.1 Å². The minimum absolute atomic E-state index is 0.639. The second-order valence-electron chi connectivity index (χ2n) is 8.16. The van der Waals surface area contributed by atoms with E-state index < -0.39 is 0 Å². The first-order valence-electron chi connectivity index (χ1n) is 11.3. The number of nitrogens with zero attached hydrogens (tertiary/aromatic N) is 3. The molecule has 2 aromatic carbocycles. The van der Waals surface area contributed by atoms with Crippen LogP contribution in [0.2, 0.25) is 0 Å². The van der Waals surface area contributed by atoms with E-state index in [1.807, 2.05) is 25.3 Å². The van der Waals surface area contributed by atoms with Gasteiger partial charge in [0.05, 0.1) is 6.61 Å². The molecule has 0 unspecified atom stereocenters. The molecular weight excluding hydrogens is 386 g/mol. The van der Waals surface area contributed by atoms with Crippen molar-refractivity contribution in [1.29, 1.82) is 0 Å². The molecule has 2 aromatic rings. The zero-order valence-corrected chi connectivity index (χ0v) is 18.7. The molecule has 0 spiro atoms. The van der Waals surface area contributed by atoms with Crippen LogP contribution in [0.1, 0.15) is 29.5 Å². The van der Waals surface area contributed by atoms with E-state index >= 15 is 0 Å². The molecule has 164 valence electrons. The summed E-state index contributed by atoms with van der Waals surface area (Å²) >= 11 is 0. The fourth-order valence-corrected chi connectivity index (χ4v) is 4.25. The van der Waals surface area contributed by atoms with E-state index in [4.69, 9.17) is 9.47 Å². The van der Waals surface area contributed by atoms with Crippen LogP contribution in [0.3, 0.4) is 0 Å². The zero-order chi connectivity index (χ0) is 21.5. The van der Waals surface area contributed by atoms with Crippen LogP contribution in [-0.2, 0) is 0 Å². The van der Waals surface area contributed by atoms with Crippen LogP contribution in [0.4, 0.5) is 0 Å². The third kappa shape index (κ3) is 5.47. The Bertz CT molecular complexity index is 930. The first kappa shape index (κ1) is 21.4. The zero-order valence-electron chi connectivity index (χ0n) is 18.7. The fourth-order valence-electron chi connectivity index (χ4n) is 4.25. The lowest BCUT2D eigenvalue weighted by Crippen LogP contribution is -2.49. The minimum atomic E-state index is 0.639. The van der Waals surface area contributed by atoms with Gasteiger partial charge in [0.15, 0.2) is 0 Å². The Morgan fingerprint density at radius 3 is 2.71 bits per heavy atom. The average Bonchev–Trinajstić information content (AvgIpc) is 2.81. The van der Waals surface area contributed by atoms with Gasteiger partial charge in [0, 0.05) is 50.4 Å². The van der Waals surface area contributed by atoms with Gasteiger partial charge in [0.2, 0.25) is 0 Å². The topological polar surface area (TPSA) is 37.3 Å². The van der Waals surface area contributed by atoms with Crippen molar-refractivity contribution in [2.75, 3.05) is 53.0 Å². The van der Waals surface area contributed by atoms with Gasteiger partial charge < -0.3 is 14.4 Å². The second-order valence-corrected chi connectivity index (χ2v) is 8.16. The number of hydrogen-bond acceptors (Lipinski definition) is 4. The molecule has 4 rings (SSSR count). The monoisotopic (exact) mass is 419 g/mol. The Morgan fingerprint density at radius 2 is 1.90 bits per heavy atom. The van der Waals surface area contributed by atoms with E-state index in [1.165, 1.54) is 11.1 Å². The Labute approximate surface area is 186 Å². The smallest absolute Gasteiger partial charge is 0.130 e. The number of hydrogen-bond donors (Lipinski definition) is 0. The van der Waals surface area contributed by atoms with Crippen LogP contribution < -0.4 is 9.47 Å². The fraction of sp³-hybridized carbons (Fsp3) is 0.423. The summed E-state index contributed by atoms with van der Waals surface area (Å²) < 4.78 is 11.6. The molecular formula is C26H33N3O2. The molecule has 0 atom stereocenters. The molecule has 2 aliphatic heterocycles. The Kier molecular flexibility index (Phi) is 7.26. The first-order valence-corrected chi connectivity index (χ1v) is 11.3. The summed E-state index contributed by atoms with van der Waals surface area (Å²) in [6.45, 7) is 8.89. The highest BCUT2D eigenvalue weighted by Crippen LogP contribution is 2.28. The summed E-state index contributed by atoms with van der Waals surface area (Å²) in [7, 11) is 1.90. The lowest BCUT2D eigenvalue weighted by atomic mass is 10.1. The van der Waals surface area contributed by atoms with Gasteiger partial charge in [-0.05, 0) is 50.1 Å². The van der Waals surface area contributed by atoms with Gasteiger partial charge in [0.1, 0.15) is 23.9 Å². The number of amidine groups is 1. The highest BCUT2D eigenvalue weighted by atomic mass is 16.5. The maximum Gasteiger partial charge on any atom is 0.130 e. The standard InChI is InChI=1S/C26H33N3O2/c1-21-8-3-4-10-24(21)26(27-2)29-16-14-28(15-17-29)13-5-6-18-30-23-12-11-22-9-7-19-31-25(22)20-23/h3-4,7-12,20H,5-6,13-19H2,1-2H3/b27-26+. The van der Waals surface area contributed by atoms with Crippen molar-refractivity contribution >= 4 is 11.9 Å². The molecule has 2 heterocycles. The lowest BCUT2D eigenvalue weighted by Gasteiger charge is -2.36. The molecule has 0 bridgehead atoms.